The molecule has 0 saturated heterocycles. The highest BCUT2D eigenvalue weighted by Gasteiger charge is 2.22. The minimum atomic E-state index is -0.993. The Balaban J connectivity index is 1.61. The zero-order chi connectivity index (χ0) is 34.3. The number of hydrogen-bond donors (Lipinski definition) is 0. The van der Waals surface area contributed by atoms with E-state index in [0.29, 0.717) is 18.0 Å². The smallest absolute Gasteiger partial charge is 0.345 e. The molecule has 0 N–H and O–H groups in total. The number of rotatable bonds is 15. The second-order valence-corrected chi connectivity index (χ2v) is 9.64. The molecule has 3 rings (SSSR count). The summed E-state index contributed by atoms with van der Waals surface area (Å²) < 4.78 is 19.9. The van der Waals surface area contributed by atoms with Crippen LogP contribution < -0.4 is 9.64 Å². The van der Waals surface area contributed by atoms with Crippen LogP contribution in [0.5, 0.6) is 5.75 Å². The topological polar surface area (TPSA) is 176 Å². The Morgan fingerprint density at radius 2 is 1.57 bits per heavy atom. The molecule has 14 nitrogen and oxygen atoms in total. The molecule has 3 aromatic carbocycles. The van der Waals surface area contributed by atoms with Gasteiger partial charge in [0.2, 0.25) is 0 Å². The van der Waals surface area contributed by atoms with Gasteiger partial charge in [-0.05, 0) is 74.0 Å². The van der Waals surface area contributed by atoms with E-state index in [9.17, 15) is 29.3 Å². The molecule has 3 aromatic rings. The molecule has 0 aliphatic heterocycles. The fourth-order valence-electron chi connectivity index (χ4n) is 3.81. The first kappa shape index (κ1) is 35.3. The fourth-order valence-corrected chi connectivity index (χ4v) is 3.81. The van der Waals surface area contributed by atoms with Crippen LogP contribution in [-0.2, 0) is 28.6 Å². The van der Waals surface area contributed by atoms with Gasteiger partial charge in [0.15, 0.2) is 0 Å². The van der Waals surface area contributed by atoms with Crippen molar-refractivity contribution in [3.63, 3.8) is 0 Å². The van der Waals surface area contributed by atoms with Crippen molar-refractivity contribution in [1.29, 1.82) is 0 Å². The lowest BCUT2D eigenvalue weighted by Gasteiger charge is -2.22. The number of carbonyl (C=O) groups excluding carboxylic acids is 4. The van der Waals surface area contributed by atoms with Gasteiger partial charge in [-0.15, -0.1) is 0 Å². The Bertz CT molecular complexity index is 1680. The van der Waals surface area contributed by atoms with Crippen molar-refractivity contribution in [2.75, 3.05) is 38.3 Å². The largest absolute Gasteiger partial charge is 0.466 e. The van der Waals surface area contributed by atoms with Gasteiger partial charge in [-0.25, -0.2) is 19.2 Å². The number of carbonyl (C=O) groups is 4. The number of hydrogen-bond acceptors (Lipinski definition) is 13. The van der Waals surface area contributed by atoms with E-state index in [1.54, 1.807) is 59.5 Å². The van der Waals surface area contributed by atoms with E-state index in [1.165, 1.54) is 32.2 Å². The number of benzene rings is 3. The maximum atomic E-state index is 12.6. The number of nitro benzene ring substituents is 1. The molecule has 0 spiro atoms. The Morgan fingerprint density at radius 3 is 2.19 bits per heavy atom. The molecule has 0 heterocycles. The molecule has 47 heavy (non-hydrogen) atoms. The van der Waals surface area contributed by atoms with Crippen LogP contribution in [0.2, 0.25) is 0 Å². The Hall–Kier alpha value is -6.18. The van der Waals surface area contributed by atoms with E-state index in [-0.39, 0.29) is 36.6 Å². The van der Waals surface area contributed by atoms with Crippen LogP contribution in [-0.4, -0.2) is 62.2 Å². The van der Waals surface area contributed by atoms with Crippen LogP contribution in [0, 0.1) is 10.1 Å². The molecule has 0 atom stereocenters. The molecule has 0 amide bonds. The average molecular weight is 645 g/mol. The quantitative estimate of drug-likeness (QED) is 0.0281. The van der Waals surface area contributed by atoms with Crippen molar-refractivity contribution < 1.29 is 43.0 Å². The van der Waals surface area contributed by atoms with Gasteiger partial charge in [0.05, 0.1) is 23.4 Å². The second kappa shape index (κ2) is 17.3. The second-order valence-electron chi connectivity index (χ2n) is 9.64. The molecule has 14 heteroatoms. The molecule has 0 aliphatic carbocycles. The van der Waals surface area contributed by atoms with Gasteiger partial charge in [-0.1, -0.05) is 18.7 Å². The standard InChI is InChI=1S/C33H32N4O10/c1-5-36(21-31(39)47-27-14-6-23(7-15-27)8-17-30(38)44-4)26-12-9-24(10-13-26)34-35-25-11-16-29(37(42)43)28(20-25)33(41)46-19-18-45-32(40)22(2)3/h6-17,20H,2,5,18-19,21H2,1,3-4H3/b17-8+,35-34?. The molecular weight excluding hydrogens is 612 g/mol. The van der Waals surface area contributed by atoms with Gasteiger partial charge in [0.1, 0.15) is 31.1 Å². The van der Waals surface area contributed by atoms with Gasteiger partial charge >= 0.3 is 23.9 Å². The first-order valence-electron chi connectivity index (χ1n) is 14.1. The van der Waals surface area contributed by atoms with E-state index in [2.05, 4.69) is 21.5 Å². The maximum Gasteiger partial charge on any atom is 0.345 e. The summed E-state index contributed by atoms with van der Waals surface area (Å²) in [6.07, 6.45) is 2.87. The molecule has 0 bridgehead atoms. The predicted octanol–water partition coefficient (Wildman–Crippen LogP) is 5.90. The van der Waals surface area contributed by atoms with Crippen molar-refractivity contribution >= 4 is 52.7 Å². The van der Waals surface area contributed by atoms with Gasteiger partial charge in [-0.3, -0.25) is 10.1 Å². The van der Waals surface area contributed by atoms with Crippen molar-refractivity contribution in [2.24, 2.45) is 10.2 Å². The van der Waals surface area contributed by atoms with Crippen molar-refractivity contribution in [1.82, 2.24) is 0 Å². The lowest BCUT2D eigenvalue weighted by molar-refractivity contribution is -0.385. The van der Waals surface area contributed by atoms with Crippen molar-refractivity contribution in [2.45, 2.75) is 13.8 Å². The van der Waals surface area contributed by atoms with Crippen LogP contribution in [0.4, 0.5) is 22.7 Å². The Morgan fingerprint density at radius 1 is 0.936 bits per heavy atom. The Kier molecular flexibility index (Phi) is 13.0. The molecule has 0 aromatic heterocycles. The van der Waals surface area contributed by atoms with Crippen molar-refractivity contribution in [3.05, 3.63) is 106 Å². The lowest BCUT2D eigenvalue weighted by Crippen LogP contribution is -2.32. The highest BCUT2D eigenvalue weighted by Crippen LogP contribution is 2.27. The Labute approximate surface area is 270 Å². The third-order valence-corrected chi connectivity index (χ3v) is 6.22. The summed E-state index contributed by atoms with van der Waals surface area (Å²) in [5, 5.41) is 19.7. The third kappa shape index (κ3) is 11.0. The minimum absolute atomic E-state index is 0.0284. The number of methoxy groups -OCH3 is 1. The molecule has 0 aliphatic rings. The monoisotopic (exact) mass is 644 g/mol. The van der Waals surface area contributed by atoms with Gasteiger partial charge in [-0.2, -0.15) is 10.2 Å². The summed E-state index contributed by atoms with van der Waals surface area (Å²) in [6, 6.07) is 17.1. The highest BCUT2D eigenvalue weighted by atomic mass is 16.6. The predicted molar refractivity (Wildman–Crippen MR) is 171 cm³/mol. The van der Waals surface area contributed by atoms with Crippen LogP contribution in [0.15, 0.2) is 95.2 Å². The number of ether oxygens (including phenoxy) is 4. The fraction of sp³-hybridized carbons (Fsp3) is 0.212. The first-order chi connectivity index (χ1) is 22.5. The molecule has 244 valence electrons. The zero-order valence-corrected chi connectivity index (χ0v) is 25.9. The van der Waals surface area contributed by atoms with Crippen molar-refractivity contribution in [3.8, 4) is 5.75 Å². The SMILES string of the molecule is C=C(C)C(=O)OCCOC(=O)c1cc(N=Nc2ccc(N(CC)CC(=O)Oc3ccc(/C=C/C(=O)OC)cc3)cc2)ccc1[N+](=O)[O-]. The van der Waals surface area contributed by atoms with E-state index < -0.39 is 34.5 Å². The van der Waals surface area contributed by atoms with E-state index in [0.717, 1.165) is 17.3 Å². The molecule has 0 fully saturated rings. The number of nitrogens with zero attached hydrogens (tertiary/aromatic N) is 4. The molecule has 0 radical (unpaired) electrons. The lowest BCUT2D eigenvalue weighted by atomic mass is 10.1. The van der Waals surface area contributed by atoms with Gasteiger partial charge in [0, 0.05) is 29.9 Å². The summed E-state index contributed by atoms with van der Waals surface area (Å²) in [4.78, 5) is 60.4. The van der Waals surface area contributed by atoms with E-state index in [1.807, 2.05) is 6.92 Å². The van der Waals surface area contributed by atoms with E-state index in [4.69, 9.17) is 14.2 Å². The summed E-state index contributed by atoms with van der Waals surface area (Å²) in [5.74, 6) is -2.25. The summed E-state index contributed by atoms with van der Waals surface area (Å²) in [7, 11) is 1.29. The molecule has 0 unspecified atom stereocenters. The number of esters is 4. The van der Waals surface area contributed by atoms with Crippen LogP contribution in [0.3, 0.4) is 0 Å². The van der Waals surface area contributed by atoms with Crippen LogP contribution in [0.1, 0.15) is 29.8 Å². The summed E-state index contributed by atoms with van der Waals surface area (Å²) in [5.41, 5.74) is 1.40. The summed E-state index contributed by atoms with van der Waals surface area (Å²) >= 11 is 0. The highest BCUT2D eigenvalue weighted by molar-refractivity contribution is 5.95. The van der Waals surface area contributed by atoms with E-state index >= 15 is 0 Å². The van der Waals surface area contributed by atoms with Gasteiger partial charge in [0.25, 0.3) is 5.69 Å². The minimum Gasteiger partial charge on any atom is -0.466 e. The third-order valence-electron chi connectivity index (χ3n) is 6.22. The normalized spacial score (nSPS) is 10.8. The average Bonchev–Trinajstić information content (AvgIpc) is 3.07. The molecule has 0 saturated carbocycles. The number of anilines is 1. The number of likely N-dealkylation sites (N-methyl/N-ethyl adjacent to an activating group) is 1. The number of nitro groups is 1. The maximum absolute atomic E-state index is 12.6. The van der Waals surface area contributed by atoms with Gasteiger partial charge < -0.3 is 23.8 Å². The number of azo groups is 1. The summed E-state index contributed by atoms with van der Waals surface area (Å²) in [6.45, 7) is 6.70. The first-order valence-corrected chi connectivity index (χ1v) is 14.1. The molecular formula is C33H32N4O10. The zero-order valence-electron chi connectivity index (χ0n) is 25.9. The van der Waals surface area contributed by atoms with Crippen LogP contribution >= 0.6 is 0 Å². The van der Waals surface area contributed by atoms with Crippen LogP contribution in [0.25, 0.3) is 6.08 Å².